The average molecular weight is 339 g/mol. The molecule has 0 spiro atoms. The number of carbonyl (C=O) groups is 1. The van der Waals surface area contributed by atoms with Gasteiger partial charge in [0.2, 0.25) is 0 Å². The van der Waals surface area contributed by atoms with E-state index in [1.807, 2.05) is 6.08 Å². The highest BCUT2D eigenvalue weighted by Crippen LogP contribution is 2.38. The van der Waals surface area contributed by atoms with Crippen molar-refractivity contribution in [3.8, 4) is 6.01 Å². The number of allylic oxidation sites excluding steroid dienone is 1. The number of aromatic nitrogens is 2. The van der Waals surface area contributed by atoms with Crippen LogP contribution in [-0.2, 0) is 6.42 Å². The zero-order chi connectivity index (χ0) is 17.8. The molecular weight excluding hydrogens is 318 g/mol. The van der Waals surface area contributed by atoms with E-state index < -0.39 is 6.10 Å². The molecule has 1 aliphatic carbocycles. The first-order chi connectivity index (χ1) is 12.1. The summed E-state index contributed by atoms with van der Waals surface area (Å²) >= 11 is 0. The van der Waals surface area contributed by atoms with Crippen LogP contribution in [0, 0.1) is 0 Å². The molecule has 1 aliphatic rings. The van der Waals surface area contributed by atoms with Crippen LogP contribution in [0.15, 0.2) is 30.3 Å². The van der Waals surface area contributed by atoms with Crippen molar-refractivity contribution < 1.29 is 14.6 Å². The molecule has 130 valence electrons. The van der Waals surface area contributed by atoms with Crippen LogP contribution in [0.2, 0.25) is 0 Å². The zero-order valence-corrected chi connectivity index (χ0v) is 14.1. The lowest BCUT2D eigenvalue weighted by atomic mass is 9.99. The van der Waals surface area contributed by atoms with Gasteiger partial charge in [-0.15, -0.1) is 0 Å². The van der Waals surface area contributed by atoms with E-state index in [0.29, 0.717) is 41.2 Å². The number of aliphatic hydroxyl groups is 1. The number of hydrogen-bond donors (Lipinski definition) is 2. The largest absolute Gasteiger partial charge is 0.463 e. The number of rotatable bonds is 7. The van der Waals surface area contributed by atoms with Gasteiger partial charge in [0.15, 0.2) is 0 Å². The maximum absolute atomic E-state index is 10.8. The summed E-state index contributed by atoms with van der Waals surface area (Å²) < 4.78 is 5.57. The quantitative estimate of drug-likeness (QED) is 0.594. The second-order valence-electron chi connectivity index (χ2n) is 5.97. The number of nitrogens with two attached hydrogens (primary N) is 1. The number of aliphatic hydroxyl groups excluding tert-OH is 1. The van der Waals surface area contributed by atoms with Crippen LogP contribution in [0.1, 0.15) is 53.0 Å². The number of unbranched alkanes of at least 4 members (excludes halogenated alkanes) is 1. The Hall–Kier alpha value is -2.73. The summed E-state index contributed by atoms with van der Waals surface area (Å²) in [7, 11) is 0. The maximum atomic E-state index is 10.8. The van der Waals surface area contributed by atoms with Crippen molar-refractivity contribution in [2.45, 2.75) is 32.3 Å². The normalized spacial score (nSPS) is 13.9. The Morgan fingerprint density at radius 1 is 1.32 bits per heavy atom. The lowest BCUT2D eigenvalue weighted by molar-refractivity contribution is 0.112. The zero-order valence-electron chi connectivity index (χ0n) is 14.1. The highest BCUT2D eigenvalue weighted by molar-refractivity contribution is 5.78. The fraction of sp³-hybridized carbons (Fsp3) is 0.316. The van der Waals surface area contributed by atoms with Gasteiger partial charge in [-0.05, 0) is 18.4 Å². The molecule has 3 rings (SSSR count). The molecule has 6 nitrogen and oxygen atoms in total. The minimum absolute atomic E-state index is 0.237. The summed E-state index contributed by atoms with van der Waals surface area (Å²) in [6, 6.07) is 7.05. The van der Waals surface area contributed by atoms with E-state index in [9.17, 15) is 9.90 Å². The smallest absolute Gasteiger partial charge is 0.318 e. The summed E-state index contributed by atoms with van der Waals surface area (Å²) in [6.07, 6.45) is 4.34. The molecular formula is C19H21N3O3. The van der Waals surface area contributed by atoms with E-state index in [1.165, 1.54) is 0 Å². The molecule has 25 heavy (non-hydrogen) atoms. The van der Waals surface area contributed by atoms with Crippen molar-refractivity contribution in [2.24, 2.45) is 0 Å². The summed E-state index contributed by atoms with van der Waals surface area (Å²) in [5.41, 5.74) is 9.41. The van der Waals surface area contributed by atoms with Gasteiger partial charge in [0.05, 0.1) is 12.3 Å². The molecule has 3 N–H and O–H groups in total. The Morgan fingerprint density at radius 3 is 2.76 bits per heavy atom. The molecule has 0 amide bonds. The number of ether oxygens (including phenoxy) is 1. The van der Waals surface area contributed by atoms with E-state index in [-0.39, 0.29) is 6.01 Å². The number of benzene rings is 1. The predicted molar refractivity (Wildman–Crippen MR) is 95.3 cm³/mol. The van der Waals surface area contributed by atoms with E-state index in [2.05, 4.69) is 16.9 Å². The summed E-state index contributed by atoms with van der Waals surface area (Å²) in [6.45, 7) is 2.61. The molecule has 1 atom stereocenters. The first kappa shape index (κ1) is 17.1. The van der Waals surface area contributed by atoms with Crippen LogP contribution in [-0.4, -0.2) is 28.0 Å². The first-order valence-electron chi connectivity index (χ1n) is 8.36. The lowest BCUT2D eigenvalue weighted by Crippen LogP contribution is -2.09. The van der Waals surface area contributed by atoms with Crippen molar-refractivity contribution in [1.29, 1.82) is 0 Å². The first-order valence-corrected chi connectivity index (χ1v) is 8.36. The SMILES string of the molecule is CCCCOc1nc(N)c2c(n1)C(C(O)c1ccc(C=O)cc1)=CC2. The lowest BCUT2D eigenvalue weighted by Gasteiger charge is -2.15. The van der Waals surface area contributed by atoms with Gasteiger partial charge in [-0.1, -0.05) is 43.7 Å². The van der Waals surface area contributed by atoms with Crippen LogP contribution < -0.4 is 10.5 Å². The predicted octanol–water partition coefficient (Wildman–Crippen LogP) is 2.72. The highest BCUT2D eigenvalue weighted by atomic mass is 16.5. The Labute approximate surface area is 146 Å². The molecule has 0 radical (unpaired) electrons. The number of nitrogen functional groups attached to an aromatic ring is 1. The van der Waals surface area contributed by atoms with Gasteiger partial charge in [-0.25, -0.2) is 0 Å². The van der Waals surface area contributed by atoms with Gasteiger partial charge in [-0.2, -0.15) is 9.97 Å². The third-order valence-corrected chi connectivity index (χ3v) is 4.23. The fourth-order valence-electron chi connectivity index (χ4n) is 2.78. The van der Waals surface area contributed by atoms with Gasteiger partial charge in [0, 0.05) is 16.7 Å². The third kappa shape index (κ3) is 3.53. The van der Waals surface area contributed by atoms with Gasteiger partial charge in [-0.3, -0.25) is 4.79 Å². The molecule has 1 unspecified atom stereocenters. The monoisotopic (exact) mass is 339 g/mol. The number of anilines is 1. The maximum Gasteiger partial charge on any atom is 0.318 e. The van der Waals surface area contributed by atoms with Crippen LogP contribution >= 0.6 is 0 Å². The van der Waals surface area contributed by atoms with Gasteiger partial charge >= 0.3 is 6.01 Å². The Kier molecular flexibility index (Phi) is 5.09. The summed E-state index contributed by atoms with van der Waals surface area (Å²) in [5, 5.41) is 10.7. The van der Waals surface area contributed by atoms with Gasteiger partial charge in [0.1, 0.15) is 18.2 Å². The molecule has 0 saturated heterocycles. The second kappa shape index (κ2) is 7.44. The van der Waals surface area contributed by atoms with E-state index >= 15 is 0 Å². The van der Waals surface area contributed by atoms with Crippen molar-refractivity contribution in [1.82, 2.24) is 9.97 Å². The molecule has 6 heteroatoms. The molecule has 2 aromatic rings. The number of aldehydes is 1. The van der Waals surface area contributed by atoms with Crippen LogP contribution in [0.3, 0.4) is 0 Å². The van der Waals surface area contributed by atoms with E-state index in [1.54, 1.807) is 24.3 Å². The van der Waals surface area contributed by atoms with Crippen LogP contribution in [0.25, 0.3) is 5.57 Å². The van der Waals surface area contributed by atoms with Crippen molar-refractivity contribution >= 4 is 17.7 Å². The van der Waals surface area contributed by atoms with Crippen molar-refractivity contribution in [3.63, 3.8) is 0 Å². The molecule has 1 heterocycles. The Morgan fingerprint density at radius 2 is 2.08 bits per heavy atom. The molecule has 1 aromatic carbocycles. The summed E-state index contributed by atoms with van der Waals surface area (Å²) in [5.74, 6) is 0.381. The Balaban J connectivity index is 1.87. The van der Waals surface area contributed by atoms with Crippen LogP contribution in [0.5, 0.6) is 6.01 Å². The third-order valence-electron chi connectivity index (χ3n) is 4.23. The van der Waals surface area contributed by atoms with Crippen LogP contribution in [0.4, 0.5) is 5.82 Å². The average Bonchev–Trinajstić information content (AvgIpc) is 3.06. The minimum Gasteiger partial charge on any atom is -0.463 e. The number of carbonyl (C=O) groups excluding carboxylic acids is 1. The standard InChI is InChI=1S/C19H21N3O3/c1-2-3-10-25-19-21-16-14(8-9-15(16)18(20)22-19)17(24)13-6-4-12(11-23)5-7-13/h4-8,11,17,24H,2-3,9-10H2,1H3,(H2,20,21,22). The second-order valence-corrected chi connectivity index (χ2v) is 5.97. The fourth-order valence-corrected chi connectivity index (χ4v) is 2.78. The van der Waals surface area contributed by atoms with E-state index in [4.69, 9.17) is 10.5 Å². The number of fused-ring (bicyclic) bond motifs is 1. The Bertz CT molecular complexity index is 800. The van der Waals surface area contributed by atoms with Gasteiger partial charge < -0.3 is 15.6 Å². The molecule has 0 saturated carbocycles. The van der Waals surface area contributed by atoms with E-state index in [0.717, 1.165) is 24.7 Å². The number of nitrogens with zero attached hydrogens (tertiary/aromatic N) is 2. The molecule has 1 aromatic heterocycles. The molecule has 0 bridgehead atoms. The topological polar surface area (TPSA) is 98.3 Å². The van der Waals surface area contributed by atoms with Gasteiger partial charge in [0.25, 0.3) is 0 Å². The molecule has 0 aliphatic heterocycles. The molecule has 0 fully saturated rings. The number of hydrogen-bond acceptors (Lipinski definition) is 6. The van der Waals surface area contributed by atoms with Crippen molar-refractivity contribution in [2.75, 3.05) is 12.3 Å². The van der Waals surface area contributed by atoms with Crippen molar-refractivity contribution in [3.05, 3.63) is 52.7 Å². The summed E-state index contributed by atoms with van der Waals surface area (Å²) in [4.78, 5) is 19.4. The highest BCUT2D eigenvalue weighted by Gasteiger charge is 2.26. The minimum atomic E-state index is -0.847.